The number of benzene rings is 3. The maximum atomic E-state index is 3.46. The van der Waals surface area contributed by atoms with Gasteiger partial charge in [-0.1, -0.05) is 52.3 Å². The zero-order chi connectivity index (χ0) is 12.8. The van der Waals surface area contributed by atoms with Crippen LogP contribution >= 0.6 is 15.9 Å². The van der Waals surface area contributed by atoms with Gasteiger partial charge in [0.25, 0.3) is 0 Å². The molecule has 1 aliphatic carbocycles. The van der Waals surface area contributed by atoms with Gasteiger partial charge in [0.1, 0.15) is 0 Å². The van der Waals surface area contributed by atoms with E-state index in [1.807, 2.05) is 0 Å². The van der Waals surface area contributed by atoms with Crippen molar-refractivity contribution >= 4 is 38.4 Å². The van der Waals surface area contributed by atoms with E-state index < -0.39 is 0 Å². The Hall–Kier alpha value is -1.86. The van der Waals surface area contributed by atoms with Gasteiger partial charge in [0.05, 0.1) is 0 Å². The first-order chi connectivity index (χ1) is 9.31. The van der Waals surface area contributed by atoms with Crippen LogP contribution in [0.2, 0.25) is 0 Å². The fraction of sp³-hybridized carbons (Fsp3) is 0. The molecule has 4 rings (SSSR count). The van der Waals surface area contributed by atoms with Gasteiger partial charge in [-0.25, -0.2) is 0 Å². The molecule has 1 aliphatic rings. The molecule has 0 fully saturated rings. The number of rotatable bonds is 1. The van der Waals surface area contributed by atoms with Gasteiger partial charge >= 0.3 is 0 Å². The van der Waals surface area contributed by atoms with Gasteiger partial charge in [-0.2, -0.15) is 0 Å². The first-order valence-corrected chi connectivity index (χ1v) is 7.11. The van der Waals surface area contributed by atoms with Crippen LogP contribution in [0.25, 0.3) is 22.4 Å². The van der Waals surface area contributed by atoms with Crippen molar-refractivity contribution in [3.8, 4) is 0 Å². The summed E-state index contributed by atoms with van der Waals surface area (Å²) >= 11 is 3.46. The standard InChI is InChI=1S/C18H11Br/c19-15-7-5-12(6-8-15)9-16-17-10-13-3-1-2-4-14(13)11-18(16)17/h1-11H. The Balaban J connectivity index is 1.78. The van der Waals surface area contributed by atoms with Gasteiger partial charge in [-0.3, -0.25) is 0 Å². The van der Waals surface area contributed by atoms with Crippen molar-refractivity contribution in [2.24, 2.45) is 0 Å². The molecular weight excluding hydrogens is 296 g/mol. The van der Waals surface area contributed by atoms with Gasteiger partial charge in [0.2, 0.25) is 0 Å². The fourth-order valence-corrected chi connectivity index (χ4v) is 2.77. The van der Waals surface area contributed by atoms with Crippen LogP contribution in [-0.2, 0) is 0 Å². The van der Waals surface area contributed by atoms with E-state index >= 15 is 0 Å². The van der Waals surface area contributed by atoms with Crippen molar-refractivity contribution < 1.29 is 0 Å². The van der Waals surface area contributed by atoms with Crippen LogP contribution in [0.5, 0.6) is 0 Å². The second kappa shape index (κ2) is 4.07. The van der Waals surface area contributed by atoms with Gasteiger partial charge < -0.3 is 0 Å². The molecule has 0 saturated heterocycles. The highest BCUT2D eigenvalue weighted by molar-refractivity contribution is 9.10. The largest absolute Gasteiger partial charge is 0.0616 e. The molecule has 0 aromatic heterocycles. The predicted molar refractivity (Wildman–Crippen MR) is 85.1 cm³/mol. The molecule has 0 aliphatic heterocycles. The molecule has 0 saturated carbocycles. The van der Waals surface area contributed by atoms with Crippen molar-refractivity contribution in [2.45, 2.75) is 0 Å². The smallest absolute Gasteiger partial charge is 0.0175 e. The van der Waals surface area contributed by atoms with E-state index in [2.05, 4.69) is 82.7 Å². The van der Waals surface area contributed by atoms with Crippen LogP contribution in [0.15, 0.2) is 65.1 Å². The lowest BCUT2D eigenvalue weighted by Crippen LogP contribution is -1.69. The number of hydrogen-bond donors (Lipinski definition) is 0. The van der Waals surface area contributed by atoms with Crippen molar-refractivity contribution in [1.29, 1.82) is 0 Å². The summed E-state index contributed by atoms with van der Waals surface area (Å²) in [5, 5.41) is 2.64. The van der Waals surface area contributed by atoms with Crippen molar-refractivity contribution in [1.82, 2.24) is 0 Å². The van der Waals surface area contributed by atoms with E-state index in [9.17, 15) is 0 Å². The summed E-state index contributed by atoms with van der Waals surface area (Å²) in [5.41, 5.74) is 5.40. The third kappa shape index (κ3) is 1.91. The van der Waals surface area contributed by atoms with Crippen LogP contribution in [0.1, 0.15) is 16.7 Å². The molecule has 0 unspecified atom stereocenters. The lowest BCUT2D eigenvalue weighted by atomic mass is 10.1. The van der Waals surface area contributed by atoms with Crippen molar-refractivity contribution in [3.63, 3.8) is 0 Å². The summed E-state index contributed by atoms with van der Waals surface area (Å²) < 4.78 is 1.12. The summed E-state index contributed by atoms with van der Waals surface area (Å²) in [7, 11) is 0. The molecule has 0 nitrogen and oxygen atoms in total. The molecule has 0 N–H and O–H groups in total. The molecule has 0 atom stereocenters. The fourth-order valence-electron chi connectivity index (χ4n) is 2.51. The topological polar surface area (TPSA) is 0 Å². The molecule has 0 heterocycles. The van der Waals surface area contributed by atoms with Gasteiger partial charge in [0.15, 0.2) is 0 Å². The first-order valence-electron chi connectivity index (χ1n) is 6.32. The highest BCUT2D eigenvalue weighted by Gasteiger charge is 2.24. The maximum Gasteiger partial charge on any atom is 0.0175 e. The van der Waals surface area contributed by atoms with Crippen LogP contribution < -0.4 is 0 Å². The summed E-state index contributed by atoms with van der Waals surface area (Å²) in [6.07, 6.45) is 2.26. The quantitative estimate of drug-likeness (QED) is 0.435. The molecule has 0 bridgehead atoms. The molecule has 0 spiro atoms. The second-order valence-corrected chi connectivity index (χ2v) is 5.77. The van der Waals surface area contributed by atoms with Crippen LogP contribution in [0.3, 0.4) is 0 Å². The summed E-state index contributed by atoms with van der Waals surface area (Å²) in [5.74, 6) is 0. The Labute approximate surface area is 120 Å². The molecule has 1 heteroatoms. The molecule has 0 radical (unpaired) electrons. The van der Waals surface area contributed by atoms with E-state index in [0.717, 1.165) is 4.47 Å². The zero-order valence-corrected chi connectivity index (χ0v) is 11.8. The Morgan fingerprint density at radius 1 is 0.737 bits per heavy atom. The van der Waals surface area contributed by atoms with Gasteiger partial charge in [-0.05, 0) is 63.4 Å². The summed E-state index contributed by atoms with van der Waals surface area (Å²) in [4.78, 5) is 0. The minimum absolute atomic E-state index is 1.12. The molecule has 0 amide bonds. The van der Waals surface area contributed by atoms with Crippen molar-refractivity contribution in [3.05, 3.63) is 81.8 Å². The number of halogens is 1. The van der Waals surface area contributed by atoms with E-state index in [1.54, 1.807) is 0 Å². The average molecular weight is 307 g/mol. The van der Waals surface area contributed by atoms with Gasteiger partial charge in [-0.15, -0.1) is 0 Å². The molecule has 19 heavy (non-hydrogen) atoms. The van der Waals surface area contributed by atoms with Crippen LogP contribution in [0, 0.1) is 0 Å². The normalized spacial score (nSPS) is 12.4. The number of fused-ring (bicyclic) bond motifs is 2. The maximum absolute atomic E-state index is 3.46. The molecule has 90 valence electrons. The Bertz CT molecular complexity index is 766. The Morgan fingerprint density at radius 3 is 1.89 bits per heavy atom. The van der Waals surface area contributed by atoms with Gasteiger partial charge in [0, 0.05) is 4.47 Å². The summed E-state index contributed by atoms with van der Waals surface area (Å²) in [6.45, 7) is 0. The molecule has 3 aromatic carbocycles. The van der Waals surface area contributed by atoms with E-state index in [-0.39, 0.29) is 0 Å². The minimum Gasteiger partial charge on any atom is -0.0616 e. The lowest BCUT2D eigenvalue weighted by Gasteiger charge is -1.92. The Morgan fingerprint density at radius 2 is 1.32 bits per heavy atom. The van der Waals surface area contributed by atoms with E-state index in [1.165, 1.54) is 33.0 Å². The van der Waals surface area contributed by atoms with Crippen molar-refractivity contribution in [2.75, 3.05) is 0 Å². The monoisotopic (exact) mass is 306 g/mol. The second-order valence-electron chi connectivity index (χ2n) is 4.85. The average Bonchev–Trinajstić information content (AvgIpc) is 3.11. The first kappa shape index (κ1) is 11.0. The number of hydrogen-bond acceptors (Lipinski definition) is 0. The van der Waals surface area contributed by atoms with Crippen LogP contribution in [0.4, 0.5) is 0 Å². The SMILES string of the molecule is Brc1ccc(C=C2c3cc4ccccc4cc32)cc1. The molecule has 3 aromatic rings. The lowest BCUT2D eigenvalue weighted by molar-refractivity contribution is 1.62. The van der Waals surface area contributed by atoms with E-state index in [0.29, 0.717) is 0 Å². The van der Waals surface area contributed by atoms with E-state index in [4.69, 9.17) is 0 Å². The minimum atomic E-state index is 1.12. The third-order valence-corrected chi connectivity index (χ3v) is 4.11. The van der Waals surface area contributed by atoms with Crippen LogP contribution in [-0.4, -0.2) is 0 Å². The highest BCUT2D eigenvalue weighted by Crippen LogP contribution is 2.45. The predicted octanol–water partition coefficient (Wildman–Crippen LogP) is 5.50. The third-order valence-electron chi connectivity index (χ3n) is 3.58. The highest BCUT2D eigenvalue weighted by atomic mass is 79.9. The Kier molecular flexibility index (Phi) is 2.36. The summed E-state index contributed by atoms with van der Waals surface area (Å²) in [6, 6.07) is 21.5. The zero-order valence-electron chi connectivity index (χ0n) is 10.2. The molecular formula is C18H11Br.